The van der Waals surface area contributed by atoms with Crippen LogP contribution < -0.4 is 15.8 Å². The number of benzene rings is 1. The van der Waals surface area contributed by atoms with Crippen LogP contribution in [0.25, 0.3) is 11.3 Å². The molecule has 21 heavy (non-hydrogen) atoms. The predicted molar refractivity (Wildman–Crippen MR) is 88.4 cm³/mol. The van der Waals surface area contributed by atoms with Gasteiger partial charge in [0.25, 0.3) is 0 Å². The molecule has 3 N–H and O–H groups in total. The van der Waals surface area contributed by atoms with Gasteiger partial charge in [0.1, 0.15) is 5.75 Å². The summed E-state index contributed by atoms with van der Waals surface area (Å²) in [5, 5.41) is 5.10. The first-order chi connectivity index (χ1) is 9.51. The van der Waals surface area contributed by atoms with Crippen LogP contribution in [0.3, 0.4) is 0 Å². The number of methoxy groups -OCH3 is 1. The van der Waals surface area contributed by atoms with E-state index in [1.165, 1.54) is 11.3 Å². The zero-order valence-corrected chi connectivity index (χ0v) is 13.7. The maximum absolute atomic E-state index is 11.5. The summed E-state index contributed by atoms with van der Waals surface area (Å²) in [6, 6.07) is 5.33. The summed E-state index contributed by atoms with van der Waals surface area (Å²) in [5.41, 5.74) is 8.31. The normalized spacial score (nSPS) is 11.4. The molecule has 0 fully saturated rings. The molecule has 1 amide bonds. The van der Waals surface area contributed by atoms with Gasteiger partial charge in [0.15, 0.2) is 5.13 Å². The van der Waals surface area contributed by atoms with Crippen LogP contribution in [0.15, 0.2) is 23.6 Å². The number of amides is 1. The molecule has 1 heterocycles. The quantitative estimate of drug-likeness (QED) is 0.905. The Labute approximate surface area is 133 Å². The fraction of sp³-hybridized carbons (Fsp3) is 0.286. The highest BCUT2D eigenvalue weighted by Gasteiger charge is 2.13. The number of aromatic nitrogens is 1. The first-order valence-corrected chi connectivity index (χ1v) is 7.06. The number of hydrogen-bond acceptors (Lipinski definition) is 5. The van der Waals surface area contributed by atoms with E-state index in [1.807, 2.05) is 30.5 Å². The summed E-state index contributed by atoms with van der Waals surface area (Å²) in [6.45, 7) is 3.64. The highest BCUT2D eigenvalue weighted by atomic mass is 35.5. The van der Waals surface area contributed by atoms with Gasteiger partial charge in [0, 0.05) is 10.9 Å². The van der Waals surface area contributed by atoms with Crippen molar-refractivity contribution in [2.24, 2.45) is 5.73 Å². The fourth-order valence-corrected chi connectivity index (χ4v) is 2.41. The summed E-state index contributed by atoms with van der Waals surface area (Å²) in [6.07, 6.45) is 0. The summed E-state index contributed by atoms with van der Waals surface area (Å²) in [7, 11) is 1.62. The lowest BCUT2D eigenvalue weighted by Gasteiger charge is -2.07. The van der Waals surface area contributed by atoms with Crippen molar-refractivity contribution < 1.29 is 9.53 Å². The van der Waals surface area contributed by atoms with Crippen LogP contribution >= 0.6 is 23.7 Å². The van der Waals surface area contributed by atoms with E-state index < -0.39 is 6.04 Å². The SMILES string of the molecule is COc1ccc(C)cc1-c1csc(NC(=O)[C@@H](C)N)n1.Cl. The molecule has 2 rings (SSSR count). The molecule has 7 heteroatoms. The van der Waals surface area contributed by atoms with Crippen molar-refractivity contribution in [3.63, 3.8) is 0 Å². The smallest absolute Gasteiger partial charge is 0.242 e. The van der Waals surface area contributed by atoms with E-state index in [4.69, 9.17) is 10.5 Å². The Balaban J connectivity index is 0.00000220. The van der Waals surface area contributed by atoms with Crippen molar-refractivity contribution in [2.45, 2.75) is 19.9 Å². The zero-order chi connectivity index (χ0) is 14.7. The molecule has 2 aromatic rings. The average Bonchev–Trinajstić information content (AvgIpc) is 2.87. The first-order valence-electron chi connectivity index (χ1n) is 6.18. The van der Waals surface area contributed by atoms with Gasteiger partial charge < -0.3 is 15.8 Å². The van der Waals surface area contributed by atoms with E-state index in [1.54, 1.807) is 14.0 Å². The molecule has 0 radical (unpaired) electrons. The minimum atomic E-state index is -0.559. The van der Waals surface area contributed by atoms with Crippen molar-refractivity contribution in [3.8, 4) is 17.0 Å². The number of nitrogens with two attached hydrogens (primary N) is 1. The van der Waals surface area contributed by atoms with Crippen LogP contribution in [0.4, 0.5) is 5.13 Å². The Morgan fingerprint density at radius 3 is 2.81 bits per heavy atom. The molecule has 0 aliphatic heterocycles. The molecule has 0 bridgehead atoms. The van der Waals surface area contributed by atoms with Gasteiger partial charge in [-0.3, -0.25) is 4.79 Å². The van der Waals surface area contributed by atoms with Crippen LogP contribution in [-0.2, 0) is 4.79 Å². The molecule has 0 aliphatic rings. The summed E-state index contributed by atoms with van der Waals surface area (Å²) in [5.74, 6) is 0.507. The third kappa shape index (κ3) is 4.17. The Morgan fingerprint density at radius 2 is 2.19 bits per heavy atom. The molecular formula is C14H18ClN3O2S. The Bertz CT molecular complexity index is 628. The number of nitrogens with one attached hydrogen (secondary N) is 1. The van der Waals surface area contributed by atoms with E-state index in [9.17, 15) is 4.79 Å². The van der Waals surface area contributed by atoms with Gasteiger partial charge in [-0.2, -0.15) is 0 Å². The lowest BCUT2D eigenvalue weighted by Crippen LogP contribution is -2.32. The minimum Gasteiger partial charge on any atom is -0.496 e. The Morgan fingerprint density at radius 1 is 1.48 bits per heavy atom. The van der Waals surface area contributed by atoms with Crippen LogP contribution in [-0.4, -0.2) is 24.0 Å². The van der Waals surface area contributed by atoms with E-state index in [0.717, 1.165) is 22.6 Å². The van der Waals surface area contributed by atoms with Crippen molar-refractivity contribution in [1.82, 2.24) is 4.98 Å². The number of ether oxygens (including phenoxy) is 1. The minimum absolute atomic E-state index is 0. The molecule has 0 saturated heterocycles. The molecule has 5 nitrogen and oxygen atoms in total. The van der Waals surface area contributed by atoms with Gasteiger partial charge in [-0.05, 0) is 26.0 Å². The van der Waals surface area contributed by atoms with E-state index >= 15 is 0 Å². The predicted octanol–water partition coefficient (Wildman–Crippen LogP) is 2.83. The highest BCUT2D eigenvalue weighted by Crippen LogP contribution is 2.32. The van der Waals surface area contributed by atoms with E-state index in [-0.39, 0.29) is 18.3 Å². The maximum Gasteiger partial charge on any atom is 0.242 e. The van der Waals surface area contributed by atoms with Crippen molar-refractivity contribution in [2.75, 3.05) is 12.4 Å². The number of aryl methyl sites for hydroxylation is 1. The number of anilines is 1. The fourth-order valence-electron chi connectivity index (χ4n) is 1.70. The van der Waals surface area contributed by atoms with Gasteiger partial charge in [-0.15, -0.1) is 23.7 Å². The van der Waals surface area contributed by atoms with Crippen LogP contribution in [0.2, 0.25) is 0 Å². The lowest BCUT2D eigenvalue weighted by atomic mass is 10.1. The molecule has 1 aromatic carbocycles. The second-order valence-corrected chi connectivity index (χ2v) is 5.38. The van der Waals surface area contributed by atoms with Gasteiger partial charge >= 0.3 is 0 Å². The van der Waals surface area contributed by atoms with E-state index in [0.29, 0.717) is 5.13 Å². The van der Waals surface area contributed by atoms with Crippen LogP contribution in [0.1, 0.15) is 12.5 Å². The van der Waals surface area contributed by atoms with Gasteiger partial charge in [-0.1, -0.05) is 11.6 Å². The molecule has 0 unspecified atom stereocenters. The molecular weight excluding hydrogens is 310 g/mol. The number of carbonyl (C=O) groups excluding carboxylic acids is 1. The number of rotatable bonds is 4. The summed E-state index contributed by atoms with van der Waals surface area (Å²) in [4.78, 5) is 15.9. The third-order valence-electron chi connectivity index (χ3n) is 2.78. The Hall–Kier alpha value is -1.63. The van der Waals surface area contributed by atoms with Crippen molar-refractivity contribution in [3.05, 3.63) is 29.1 Å². The second-order valence-electron chi connectivity index (χ2n) is 4.52. The number of halogens is 1. The number of carbonyl (C=O) groups is 1. The first kappa shape index (κ1) is 17.4. The molecule has 0 saturated carbocycles. The largest absolute Gasteiger partial charge is 0.496 e. The average molecular weight is 328 g/mol. The number of nitrogens with zero attached hydrogens (tertiary/aromatic N) is 1. The highest BCUT2D eigenvalue weighted by molar-refractivity contribution is 7.14. The Kier molecular flexibility index (Phi) is 6.14. The summed E-state index contributed by atoms with van der Waals surface area (Å²) >= 11 is 1.36. The monoisotopic (exact) mass is 327 g/mol. The van der Waals surface area contributed by atoms with E-state index in [2.05, 4.69) is 10.3 Å². The molecule has 1 atom stereocenters. The van der Waals surface area contributed by atoms with Gasteiger partial charge in [-0.25, -0.2) is 4.98 Å². The van der Waals surface area contributed by atoms with Crippen molar-refractivity contribution >= 4 is 34.8 Å². The standard InChI is InChI=1S/C14H17N3O2S.ClH/c1-8-4-5-12(19-3)10(6-8)11-7-20-14(16-11)17-13(18)9(2)15;/h4-7,9H,15H2,1-3H3,(H,16,17,18);1H/t9-;/m1./s1. The van der Waals surface area contributed by atoms with Gasteiger partial charge in [0.2, 0.25) is 5.91 Å². The third-order valence-corrected chi connectivity index (χ3v) is 3.54. The number of hydrogen-bond donors (Lipinski definition) is 2. The molecule has 0 spiro atoms. The van der Waals surface area contributed by atoms with Crippen LogP contribution in [0, 0.1) is 6.92 Å². The zero-order valence-electron chi connectivity index (χ0n) is 12.0. The lowest BCUT2D eigenvalue weighted by molar-refractivity contribution is -0.117. The van der Waals surface area contributed by atoms with Crippen LogP contribution in [0.5, 0.6) is 5.75 Å². The number of thiazole rings is 1. The summed E-state index contributed by atoms with van der Waals surface area (Å²) < 4.78 is 5.34. The van der Waals surface area contributed by atoms with Crippen molar-refractivity contribution in [1.29, 1.82) is 0 Å². The van der Waals surface area contributed by atoms with Gasteiger partial charge in [0.05, 0.1) is 18.8 Å². The maximum atomic E-state index is 11.5. The topological polar surface area (TPSA) is 77.2 Å². The molecule has 1 aromatic heterocycles. The molecule has 0 aliphatic carbocycles. The second kappa shape index (κ2) is 7.40. The molecule has 114 valence electrons.